The Kier molecular flexibility index (Phi) is 3.68. The van der Waals surface area contributed by atoms with Crippen LogP contribution in [0.1, 0.15) is 25.8 Å². The Morgan fingerprint density at radius 3 is 2.73 bits per heavy atom. The number of amides is 1. The molecule has 1 amide bonds. The molecule has 0 saturated heterocycles. The van der Waals surface area contributed by atoms with E-state index in [4.69, 9.17) is 0 Å². The number of azo groups is 1. The summed E-state index contributed by atoms with van der Waals surface area (Å²) in [7, 11) is 0. The highest BCUT2D eigenvalue weighted by molar-refractivity contribution is 9.25. The van der Waals surface area contributed by atoms with Gasteiger partial charge >= 0.3 is 0 Å². The minimum Gasteiger partial charge on any atom is -0.493 e. The number of alkyl halides is 2. The summed E-state index contributed by atoms with van der Waals surface area (Å²) in [6.07, 6.45) is 1.48. The average molecular weight is 429 g/mol. The number of aromatic hydroxyl groups is 1. The first-order valence-corrected chi connectivity index (χ1v) is 8.55. The molecule has 3 rings (SSSR count). The first kappa shape index (κ1) is 15.7. The monoisotopic (exact) mass is 427 g/mol. The van der Waals surface area contributed by atoms with Crippen LogP contribution in [0, 0.1) is 5.41 Å². The number of halogens is 2. The van der Waals surface area contributed by atoms with Crippen molar-refractivity contribution in [1.82, 2.24) is 4.98 Å². The van der Waals surface area contributed by atoms with Gasteiger partial charge < -0.3 is 10.1 Å². The number of carbonyl (C=O) groups is 1. The van der Waals surface area contributed by atoms with Crippen molar-refractivity contribution in [2.24, 2.45) is 15.6 Å². The fourth-order valence-corrected chi connectivity index (χ4v) is 3.94. The van der Waals surface area contributed by atoms with Crippen molar-refractivity contribution in [3.63, 3.8) is 0 Å². The van der Waals surface area contributed by atoms with E-state index in [-0.39, 0.29) is 11.8 Å². The second kappa shape index (κ2) is 5.16. The summed E-state index contributed by atoms with van der Waals surface area (Å²) in [5.41, 5.74) is 1.61. The first-order valence-electron chi connectivity index (χ1n) is 6.96. The number of aryl methyl sites for hydroxylation is 1. The standard InChI is InChI=1S/C15H15Br2N3O2/c1-3-8-5-4-6-9-10(8)18-12(21)11(9)19-20-13(22)14(2)7-15(14,16)17/h4-6,18,21H,3,7H2,1-2H3/t14-/m0/s1. The van der Waals surface area contributed by atoms with Crippen molar-refractivity contribution >= 4 is 54.4 Å². The number of hydrogen-bond donors (Lipinski definition) is 2. The van der Waals surface area contributed by atoms with Crippen molar-refractivity contribution < 1.29 is 9.90 Å². The van der Waals surface area contributed by atoms with Crippen LogP contribution < -0.4 is 0 Å². The van der Waals surface area contributed by atoms with Gasteiger partial charge in [-0.3, -0.25) is 4.79 Å². The largest absolute Gasteiger partial charge is 0.493 e. The molecule has 2 N–H and O–H groups in total. The number of aromatic amines is 1. The van der Waals surface area contributed by atoms with Crippen LogP contribution in [0.15, 0.2) is 28.4 Å². The zero-order valence-corrected chi connectivity index (χ0v) is 15.3. The Morgan fingerprint density at radius 2 is 2.14 bits per heavy atom. The molecule has 0 unspecified atom stereocenters. The third-order valence-electron chi connectivity index (χ3n) is 4.23. The van der Waals surface area contributed by atoms with Gasteiger partial charge in [0.15, 0.2) is 5.69 Å². The molecule has 5 nitrogen and oxygen atoms in total. The molecule has 1 aliphatic rings. The van der Waals surface area contributed by atoms with Gasteiger partial charge in [-0.25, -0.2) is 0 Å². The minimum atomic E-state index is -0.604. The molecule has 1 aromatic carbocycles. The molecule has 0 spiro atoms. The number of fused-ring (bicyclic) bond motifs is 1. The molecule has 2 aromatic rings. The predicted octanol–water partition coefficient (Wildman–Crippen LogP) is 4.94. The van der Waals surface area contributed by atoms with E-state index in [2.05, 4.69) is 47.1 Å². The van der Waals surface area contributed by atoms with Crippen LogP contribution in [0.2, 0.25) is 0 Å². The molecule has 7 heteroatoms. The van der Waals surface area contributed by atoms with Gasteiger partial charge in [0.05, 0.1) is 14.2 Å². The molecule has 116 valence electrons. The highest BCUT2D eigenvalue weighted by Gasteiger charge is 2.67. The summed E-state index contributed by atoms with van der Waals surface area (Å²) in [5, 5.41) is 18.6. The second-order valence-corrected chi connectivity index (χ2v) is 9.51. The van der Waals surface area contributed by atoms with Gasteiger partial charge in [0, 0.05) is 5.39 Å². The molecule has 1 fully saturated rings. The minimum absolute atomic E-state index is 0.0719. The molecule has 1 heterocycles. The van der Waals surface area contributed by atoms with Crippen LogP contribution in [0.25, 0.3) is 10.9 Å². The molecule has 22 heavy (non-hydrogen) atoms. The molecular formula is C15H15Br2N3O2. The Bertz CT molecular complexity index is 797. The SMILES string of the molecule is CCc1cccc2c(N=NC(=O)[C@]3(C)CC3(Br)Br)c(O)[nH]c12. The van der Waals surface area contributed by atoms with Gasteiger partial charge in [-0.05, 0) is 25.3 Å². The Labute approximate surface area is 144 Å². The molecule has 1 aromatic heterocycles. The lowest BCUT2D eigenvalue weighted by molar-refractivity contribution is -0.122. The average Bonchev–Trinajstić information content (AvgIpc) is 2.83. The van der Waals surface area contributed by atoms with Gasteiger partial charge in [-0.1, -0.05) is 57.0 Å². The molecular weight excluding hydrogens is 414 g/mol. The van der Waals surface area contributed by atoms with Crippen LogP contribution >= 0.6 is 31.9 Å². The number of aromatic nitrogens is 1. The van der Waals surface area contributed by atoms with E-state index in [0.717, 1.165) is 22.9 Å². The Hall–Kier alpha value is -1.21. The van der Waals surface area contributed by atoms with Crippen molar-refractivity contribution in [2.45, 2.75) is 29.9 Å². The molecule has 0 radical (unpaired) electrons. The van der Waals surface area contributed by atoms with Gasteiger partial charge in [-0.2, -0.15) is 0 Å². The fourth-order valence-electron chi connectivity index (χ4n) is 2.48. The fraction of sp³-hybridized carbons (Fsp3) is 0.400. The first-order chi connectivity index (χ1) is 10.3. The van der Waals surface area contributed by atoms with Crippen LogP contribution in [0.5, 0.6) is 5.88 Å². The maximum Gasteiger partial charge on any atom is 0.272 e. The normalized spacial score (nSPS) is 23.3. The molecule has 1 aliphatic carbocycles. The number of H-pyrrole nitrogens is 1. The zero-order valence-electron chi connectivity index (χ0n) is 12.2. The van der Waals surface area contributed by atoms with Crippen LogP contribution in [-0.2, 0) is 11.2 Å². The van der Waals surface area contributed by atoms with Crippen LogP contribution in [0.3, 0.4) is 0 Å². The maximum atomic E-state index is 12.2. The lowest BCUT2D eigenvalue weighted by atomic mass is 10.1. The topological polar surface area (TPSA) is 77.8 Å². The summed E-state index contributed by atoms with van der Waals surface area (Å²) in [6, 6.07) is 5.74. The van der Waals surface area contributed by atoms with E-state index in [1.807, 2.05) is 32.0 Å². The number of carbonyl (C=O) groups excluding carboxylic acids is 1. The lowest BCUT2D eigenvalue weighted by Gasteiger charge is -2.05. The summed E-state index contributed by atoms with van der Waals surface area (Å²) in [4.78, 5) is 15.1. The van der Waals surface area contributed by atoms with Gasteiger partial charge in [0.1, 0.15) is 0 Å². The van der Waals surface area contributed by atoms with Gasteiger partial charge in [0.25, 0.3) is 5.91 Å². The number of rotatable bonds is 3. The van der Waals surface area contributed by atoms with Crippen LogP contribution in [0.4, 0.5) is 5.69 Å². The highest BCUT2D eigenvalue weighted by Crippen LogP contribution is 2.66. The van der Waals surface area contributed by atoms with Crippen molar-refractivity contribution in [1.29, 1.82) is 0 Å². The zero-order chi connectivity index (χ0) is 16.1. The smallest absolute Gasteiger partial charge is 0.272 e. The van der Waals surface area contributed by atoms with Crippen molar-refractivity contribution in [2.75, 3.05) is 0 Å². The third-order valence-corrected chi connectivity index (χ3v) is 6.54. The van der Waals surface area contributed by atoms with E-state index in [1.165, 1.54) is 0 Å². The van der Waals surface area contributed by atoms with Crippen molar-refractivity contribution in [3.8, 4) is 5.88 Å². The number of nitrogens with one attached hydrogen (secondary N) is 1. The van der Waals surface area contributed by atoms with E-state index in [0.29, 0.717) is 12.1 Å². The summed E-state index contributed by atoms with van der Waals surface area (Å²) in [6.45, 7) is 3.86. The molecule has 0 aliphatic heterocycles. The third kappa shape index (κ3) is 2.31. The lowest BCUT2D eigenvalue weighted by Crippen LogP contribution is -2.14. The number of benzene rings is 1. The summed E-state index contributed by atoms with van der Waals surface area (Å²) >= 11 is 6.88. The van der Waals surface area contributed by atoms with E-state index in [9.17, 15) is 9.90 Å². The maximum absolute atomic E-state index is 12.2. The molecule has 0 bridgehead atoms. The van der Waals surface area contributed by atoms with Crippen molar-refractivity contribution in [3.05, 3.63) is 23.8 Å². The predicted molar refractivity (Wildman–Crippen MR) is 92.2 cm³/mol. The Morgan fingerprint density at radius 1 is 1.45 bits per heavy atom. The second-order valence-electron chi connectivity index (χ2n) is 5.73. The van der Waals surface area contributed by atoms with E-state index in [1.54, 1.807) is 0 Å². The van der Waals surface area contributed by atoms with Gasteiger partial charge in [-0.15, -0.1) is 10.2 Å². The quantitative estimate of drug-likeness (QED) is 0.536. The molecule has 1 atom stereocenters. The Balaban J connectivity index is 1.96. The van der Waals surface area contributed by atoms with E-state index >= 15 is 0 Å². The van der Waals surface area contributed by atoms with Crippen LogP contribution in [-0.4, -0.2) is 19.2 Å². The summed E-state index contributed by atoms with van der Waals surface area (Å²) < 4.78 is -0.402. The van der Waals surface area contributed by atoms with E-state index < -0.39 is 8.65 Å². The number of hydrogen-bond acceptors (Lipinski definition) is 3. The molecule has 1 saturated carbocycles. The number of nitrogens with zero attached hydrogens (tertiary/aromatic N) is 2. The highest BCUT2D eigenvalue weighted by atomic mass is 79.9. The number of para-hydroxylation sites is 1. The van der Waals surface area contributed by atoms with Gasteiger partial charge in [0.2, 0.25) is 5.88 Å². The summed E-state index contributed by atoms with van der Waals surface area (Å²) in [5.74, 6) is -0.390.